The lowest BCUT2D eigenvalue weighted by Gasteiger charge is -2.22. The lowest BCUT2D eigenvalue weighted by molar-refractivity contribution is 0.314. The van der Waals surface area contributed by atoms with E-state index >= 15 is 0 Å². The van der Waals surface area contributed by atoms with E-state index in [-0.39, 0.29) is 24.0 Å². The van der Waals surface area contributed by atoms with Crippen LogP contribution in [0.4, 0.5) is 0 Å². The quantitative estimate of drug-likeness (QED) is 0.427. The van der Waals surface area contributed by atoms with Gasteiger partial charge in [-0.05, 0) is 25.0 Å². The van der Waals surface area contributed by atoms with Crippen LogP contribution in [0.1, 0.15) is 24.5 Å². The molecule has 0 atom stereocenters. The highest BCUT2D eigenvalue weighted by Gasteiger charge is 2.07. The number of benzene rings is 1. The lowest BCUT2D eigenvalue weighted by atomic mass is 10.1. The topological polar surface area (TPSA) is 28.1 Å². The first-order chi connectivity index (χ1) is 9.45. The second kappa shape index (κ2) is 9.87. The normalized spacial score (nSPS) is 9.62. The molecule has 0 fully saturated rings. The van der Waals surface area contributed by atoms with Crippen molar-refractivity contribution in [3.05, 3.63) is 29.3 Å². The minimum absolute atomic E-state index is 0. The molecule has 1 aromatic rings. The van der Waals surface area contributed by atoms with Gasteiger partial charge in [0.05, 0.1) is 13.2 Å². The van der Waals surface area contributed by atoms with Crippen LogP contribution in [0.3, 0.4) is 0 Å². The molecular formula is C16H28IN3O. The molecule has 120 valence electrons. The zero-order chi connectivity index (χ0) is 15.1. The molecule has 0 heterocycles. The summed E-state index contributed by atoms with van der Waals surface area (Å²) in [5.41, 5.74) is 2.34. The van der Waals surface area contributed by atoms with Crippen molar-refractivity contribution in [1.82, 2.24) is 9.80 Å². The maximum Gasteiger partial charge on any atom is 0.195 e. The van der Waals surface area contributed by atoms with Crippen molar-refractivity contribution in [3.63, 3.8) is 0 Å². The molecule has 0 spiro atoms. The summed E-state index contributed by atoms with van der Waals surface area (Å²) in [6.07, 6.45) is 1.01. The van der Waals surface area contributed by atoms with Crippen molar-refractivity contribution in [2.45, 2.75) is 26.8 Å². The highest BCUT2D eigenvalue weighted by atomic mass is 127. The third kappa shape index (κ3) is 6.54. The van der Waals surface area contributed by atoms with Gasteiger partial charge in [0.2, 0.25) is 0 Å². The first kappa shape index (κ1) is 20.0. The van der Waals surface area contributed by atoms with Gasteiger partial charge in [-0.1, -0.05) is 19.1 Å². The smallest absolute Gasteiger partial charge is 0.195 e. The number of ether oxygens (including phenoxy) is 1. The fourth-order valence-corrected chi connectivity index (χ4v) is 1.98. The molecule has 0 aromatic heterocycles. The van der Waals surface area contributed by atoms with Gasteiger partial charge < -0.3 is 14.5 Å². The van der Waals surface area contributed by atoms with Crippen molar-refractivity contribution < 1.29 is 4.74 Å². The van der Waals surface area contributed by atoms with Gasteiger partial charge in [0.1, 0.15) is 5.75 Å². The summed E-state index contributed by atoms with van der Waals surface area (Å²) >= 11 is 0. The van der Waals surface area contributed by atoms with Crippen LogP contribution in [-0.2, 0) is 6.54 Å². The van der Waals surface area contributed by atoms with Gasteiger partial charge in [-0.2, -0.15) is 0 Å². The van der Waals surface area contributed by atoms with E-state index < -0.39 is 0 Å². The zero-order valence-electron chi connectivity index (χ0n) is 14.0. The number of aliphatic imine (C=N–C) groups is 1. The third-order valence-corrected chi connectivity index (χ3v) is 2.88. The highest BCUT2D eigenvalue weighted by Crippen LogP contribution is 2.21. The molecule has 0 N–H and O–H groups in total. The summed E-state index contributed by atoms with van der Waals surface area (Å²) in [6, 6.07) is 6.30. The molecule has 1 aromatic carbocycles. The van der Waals surface area contributed by atoms with Crippen molar-refractivity contribution >= 4 is 29.9 Å². The zero-order valence-corrected chi connectivity index (χ0v) is 16.3. The van der Waals surface area contributed by atoms with Crippen LogP contribution in [0, 0.1) is 6.92 Å². The van der Waals surface area contributed by atoms with E-state index in [2.05, 4.69) is 37.0 Å². The van der Waals surface area contributed by atoms with Crippen LogP contribution in [-0.4, -0.2) is 50.6 Å². The van der Waals surface area contributed by atoms with Crippen molar-refractivity contribution in [2.75, 3.05) is 34.8 Å². The molecule has 5 heteroatoms. The Labute approximate surface area is 146 Å². The van der Waals surface area contributed by atoms with Gasteiger partial charge in [-0.25, -0.2) is 4.99 Å². The average Bonchev–Trinajstić information content (AvgIpc) is 2.37. The molecule has 0 aliphatic carbocycles. The molecule has 0 saturated heterocycles. The van der Waals surface area contributed by atoms with Crippen LogP contribution < -0.4 is 4.74 Å². The van der Waals surface area contributed by atoms with Crippen LogP contribution in [0.25, 0.3) is 0 Å². The van der Waals surface area contributed by atoms with E-state index in [9.17, 15) is 0 Å². The van der Waals surface area contributed by atoms with E-state index in [1.165, 1.54) is 5.56 Å². The van der Waals surface area contributed by atoms with Crippen LogP contribution in [0.2, 0.25) is 0 Å². The Kier molecular flexibility index (Phi) is 9.41. The predicted octanol–water partition coefficient (Wildman–Crippen LogP) is 3.38. The largest absolute Gasteiger partial charge is 0.493 e. The molecule has 0 unspecified atom stereocenters. The van der Waals surface area contributed by atoms with Crippen LogP contribution in [0.15, 0.2) is 23.2 Å². The lowest BCUT2D eigenvalue weighted by Crippen LogP contribution is -2.35. The van der Waals surface area contributed by atoms with Gasteiger partial charge in [0.25, 0.3) is 0 Å². The predicted molar refractivity (Wildman–Crippen MR) is 101 cm³/mol. The molecule has 0 aliphatic heterocycles. The first-order valence-electron chi connectivity index (χ1n) is 7.07. The van der Waals surface area contributed by atoms with Crippen LogP contribution >= 0.6 is 24.0 Å². The molecule has 0 saturated carbocycles. The monoisotopic (exact) mass is 405 g/mol. The SMILES string of the molecule is CCCOc1cc(C)ccc1CN=C(N(C)C)N(C)C.I. The minimum Gasteiger partial charge on any atom is -0.493 e. The van der Waals surface area contributed by atoms with Crippen LogP contribution in [0.5, 0.6) is 5.75 Å². The maximum absolute atomic E-state index is 5.82. The molecule has 21 heavy (non-hydrogen) atoms. The fourth-order valence-electron chi connectivity index (χ4n) is 1.98. The molecule has 4 nitrogen and oxygen atoms in total. The second-order valence-corrected chi connectivity index (χ2v) is 5.36. The highest BCUT2D eigenvalue weighted by molar-refractivity contribution is 14.0. The molecule has 0 amide bonds. The standard InChI is InChI=1S/C16H27N3O.HI/c1-7-10-20-15-11-13(2)8-9-14(15)12-17-16(18(3)4)19(5)6;/h8-9,11H,7,10,12H2,1-6H3;1H. The Bertz CT molecular complexity index is 449. The first-order valence-corrected chi connectivity index (χ1v) is 7.07. The molecule has 0 radical (unpaired) electrons. The third-order valence-electron chi connectivity index (χ3n) is 2.88. The average molecular weight is 405 g/mol. The Morgan fingerprint density at radius 3 is 2.29 bits per heavy atom. The van der Waals surface area contributed by atoms with E-state index in [4.69, 9.17) is 4.74 Å². The Hall–Kier alpha value is -0.980. The van der Waals surface area contributed by atoms with E-state index in [0.717, 1.165) is 30.3 Å². The minimum atomic E-state index is 0. The Morgan fingerprint density at radius 1 is 1.14 bits per heavy atom. The van der Waals surface area contributed by atoms with E-state index in [1.807, 2.05) is 38.0 Å². The summed E-state index contributed by atoms with van der Waals surface area (Å²) < 4.78 is 5.82. The van der Waals surface area contributed by atoms with Gasteiger partial charge in [-0.3, -0.25) is 0 Å². The second-order valence-electron chi connectivity index (χ2n) is 5.36. The maximum atomic E-state index is 5.82. The van der Waals surface area contributed by atoms with Gasteiger partial charge in [-0.15, -0.1) is 24.0 Å². The van der Waals surface area contributed by atoms with Gasteiger partial charge in [0.15, 0.2) is 5.96 Å². The summed E-state index contributed by atoms with van der Waals surface area (Å²) in [4.78, 5) is 8.71. The fraction of sp³-hybridized carbons (Fsp3) is 0.562. The number of nitrogens with zero attached hydrogens (tertiary/aromatic N) is 3. The number of guanidine groups is 1. The summed E-state index contributed by atoms with van der Waals surface area (Å²) in [5, 5.41) is 0. The summed E-state index contributed by atoms with van der Waals surface area (Å²) in [5.74, 6) is 1.90. The Morgan fingerprint density at radius 2 is 1.76 bits per heavy atom. The number of aryl methyl sites for hydroxylation is 1. The number of hydrogen-bond donors (Lipinski definition) is 0. The van der Waals surface area contributed by atoms with Gasteiger partial charge in [0, 0.05) is 33.8 Å². The van der Waals surface area contributed by atoms with Gasteiger partial charge >= 0.3 is 0 Å². The van der Waals surface area contributed by atoms with Crippen molar-refractivity contribution in [2.24, 2.45) is 4.99 Å². The number of hydrogen-bond acceptors (Lipinski definition) is 2. The van der Waals surface area contributed by atoms with Crippen molar-refractivity contribution in [3.8, 4) is 5.75 Å². The molecule has 0 bridgehead atoms. The van der Waals surface area contributed by atoms with E-state index in [1.54, 1.807) is 0 Å². The summed E-state index contributed by atoms with van der Waals surface area (Å²) in [6.45, 7) is 5.57. The molecular weight excluding hydrogens is 377 g/mol. The van der Waals surface area contributed by atoms with E-state index in [0.29, 0.717) is 6.54 Å². The number of rotatable bonds is 5. The van der Waals surface area contributed by atoms with Crippen molar-refractivity contribution in [1.29, 1.82) is 0 Å². The number of halogens is 1. The molecule has 1 rings (SSSR count). The Balaban J connectivity index is 0.00000400. The summed E-state index contributed by atoms with van der Waals surface area (Å²) in [7, 11) is 8.01. The molecule has 0 aliphatic rings.